The fourth-order valence-electron chi connectivity index (χ4n) is 2.34. The van der Waals surface area contributed by atoms with Gasteiger partial charge in [-0.1, -0.05) is 18.2 Å². The molecule has 114 valence electrons. The number of benzene rings is 1. The molecule has 6 heteroatoms. The number of carbonyl (C=O) groups is 1. The molecular formula is C15H21N3O2S. The van der Waals surface area contributed by atoms with E-state index in [-0.39, 0.29) is 12.1 Å². The van der Waals surface area contributed by atoms with Crippen molar-refractivity contribution in [1.29, 1.82) is 0 Å². The van der Waals surface area contributed by atoms with E-state index in [0.29, 0.717) is 24.8 Å². The van der Waals surface area contributed by atoms with E-state index in [1.807, 2.05) is 49.2 Å². The van der Waals surface area contributed by atoms with Crippen molar-refractivity contribution in [2.24, 2.45) is 0 Å². The summed E-state index contributed by atoms with van der Waals surface area (Å²) in [6, 6.07) is 10.1. The smallest absolute Gasteiger partial charge is 0.409 e. The number of nitrogens with one attached hydrogen (secondary N) is 1. The van der Waals surface area contributed by atoms with E-state index in [1.54, 1.807) is 4.90 Å². The number of nitrogens with zero attached hydrogens (tertiary/aromatic N) is 2. The second kappa shape index (κ2) is 7.26. The maximum Gasteiger partial charge on any atom is 0.409 e. The number of rotatable bonds is 3. The Hall–Kier alpha value is -1.82. The van der Waals surface area contributed by atoms with Crippen molar-refractivity contribution < 1.29 is 9.53 Å². The molecule has 1 atom stereocenters. The minimum absolute atomic E-state index is 0.220. The lowest BCUT2D eigenvalue weighted by molar-refractivity contribution is 0.114. The van der Waals surface area contributed by atoms with E-state index >= 15 is 0 Å². The molecule has 1 aromatic carbocycles. The van der Waals surface area contributed by atoms with Gasteiger partial charge < -0.3 is 19.9 Å². The zero-order valence-corrected chi connectivity index (χ0v) is 13.2. The number of thiocarbonyl (C=S) groups is 1. The Bertz CT molecular complexity index is 495. The summed E-state index contributed by atoms with van der Waals surface area (Å²) >= 11 is 5.43. The highest BCUT2D eigenvalue weighted by Gasteiger charge is 2.30. The average molecular weight is 307 g/mol. The molecule has 1 heterocycles. The lowest BCUT2D eigenvalue weighted by Crippen LogP contribution is -2.42. The number of likely N-dealkylation sites (tertiary alicyclic amines) is 1. The molecule has 1 fully saturated rings. The number of carbonyl (C=O) groups excluding carboxylic acids is 1. The van der Waals surface area contributed by atoms with Crippen LogP contribution in [0.3, 0.4) is 0 Å². The predicted molar refractivity (Wildman–Crippen MR) is 87.4 cm³/mol. The molecule has 0 bridgehead atoms. The fourth-order valence-corrected chi connectivity index (χ4v) is 2.60. The van der Waals surface area contributed by atoms with Gasteiger partial charge in [-0.15, -0.1) is 0 Å². The number of ether oxygens (including phenoxy) is 1. The van der Waals surface area contributed by atoms with Gasteiger partial charge in [-0.05, 0) is 37.7 Å². The number of para-hydroxylation sites is 1. The van der Waals surface area contributed by atoms with Gasteiger partial charge in [0.15, 0.2) is 5.11 Å². The summed E-state index contributed by atoms with van der Waals surface area (Å²) in [5.41, 5.74) is 0.967. The lowest BCUT2D eigenvalue weighted by atomic mass is 10.2. The SMILES string of the molecule is CCOC(=O)N1CCC(N(C)C(=S)Nc2ccccc2)C1. The van der Waals surface area contributed by atoms with Crippen LogP contribution in [0.4, 0.5) is 10.5 Å². The van der Waals surface area contributed by atoms with Crippen LogP contribution in [0.15, 0.2) is 30.3 Å². The second-order valence-electron chi connectivity index (χ2n) is 4.99. The minimum atomic E-state index is -0.240. The van der Waals surface area contributed by atoms with Gasteiger partial charge in [-0.3, -0.25) is 0 Å². The third-order valence-corrected chi connectivity index (χ3v) is 3.97. The quantitative estimate of drug-likeness (QED) is 0.870. The first-order valence-corrected chi connectivity index (χ1v) is 7.53. The van der Waals surface area contributed by atoms with E-state index in [1.165, 1.54) is 0 Å². The molecule has 0 saturated carbocycles. The van der Waals surface area contributed by atoms with Crippen molar-refractivity contribution in [1.82, 2.24) is 9.80 Å². The molecule has 1 unspecified atom stereocenters. The van der Waals surface area contributed by atoms with Gasteiger partial charge in [0.1, 0.15) is 0 Å². The average Bonchev–Trinajstić information content (AvgIpc) is 2.97. The lowest BCUT2D eigenvalue weighted by Gasteiger charge is -2.27. The Kier molecular flexibility index (Phi) is 5.38. The maximum atomic E-state index is 11.7. The van der Waals surface area contributed by atoms with E-state index < -0.39 is 0 Å². The first-order chi connectivity index (χ1) is 10.1. The summed E-state index contributed by atoms with van der Waals surface area (Å²) in [6.45, 7) is 3.58. The molecule has 1 N–H and O–H groups in total. The number of hydrogen-bond donors (Lipinski definition) is 1. The van der Waals surface area contributed by atoms with Gasteiger partial charge in [0.05, 0.1) is 12.6 Å². The second-order valence-corrected chi connectivity index (χ2v) is 5.38. The monoisotopic (exact) mass is 307 g/mol. The highest BCUT2D eigenvalue weighted by Crippen LogP contribution is 2.17. The van der Waals surface area contributed by atoms with Crippen molar-refractivity contribution in [3.05, 3.63) is 30.3 Å². The molecule has 0 radical (unpaired) electrons. The third-order valence-electron chi connectivity index (χ3n) is 3.58. The molecule has 1 amide bonds. The molecule has 1 aliphatic heterocycles. The fraction of sp³-hybridized carbons (Fsp3) is 0.467. The standard InChI is InChI=1S/C15H21N3O2S/c1-3-20-15(19)18-10-9-13(11-18)17(2)14(21)16-12-7-5-4-6-8-12/h4-8,13H,3,9-11H2,1-2H3,(H,16,21). The Balaban J connectivity index is 1.87. The number of amides is 1. The topological polar surface area (TPSA) is 44.8 Å². The van der Waals surface area contributed by atoms with Crippen molar-refractivity contribution >= 4 is 29.1 Å². The summed E-state index contributed by atoms with van der Waals surface area (Å²) in [6.07, 6.45) is 0.654. The van der Waals surface area contributed by atoms with Crippen molar-refractivity contribution in [3.63, 3.8) is 0 Å². The Morgan fingerprint density at radius 3 is 2.86 bits per heavy atom. The van der Waals surface area contributed by atoms with Crippen LogP contribution < -0.4 is 5.32 Å². The summed E-state index contributed by atoms with van der Waals surface area (Å²) in [5.74, 6) is 0. The molecule has 0 spiro atoms. The predicted octanol–water partition coefficient (Wildman–Crippen LogP) is 2.55. The van der Waals surface area contributed by atoms with Gasteiger partial charge in [-0.25, -0.2) is 4.79 Å². The summed E-state index contributed by atoms with van der Waals surface area (Å²) in [7, 11) is 1.96. The van der Waals surface area contributed by atoms with Crippen LogP contribution in [-0.4, -0.2) is 53.8 Å². The van der Waals surface area contributed by atoms with Crippen LogP contribution in [-0.2, 0) is 4.74 Å². The van der Waals surface area contributed by atoms with Crippen LogP contribution in [0.2, 0.25) is 0 Å². The normalized spacial score (nSPS) is 17.4. The third kappa shape index (κ3) is 4.07. The molecule has 1 aliphatic rings. The van der Waals surface area contributed by atoms with Crippen LogP contribution in [0.5, 0.6) is 0 Å². The Labute approximate surface area is 130 Å². The molecule has 1 saturated heterocycles. The highest BCUT2D eigenvalue weighted by molar-refractivity contribution is 7.80. The highest BCUT2D eigenvalue weighted by atomic mass is 32.1. The van der Waals surface area contributed by atoms with E-state index in [0.717, 1.165) is 12.1 Å². The largest absolute Gasteiger partial charge is 0.450 e. The van der Waals surface area contributed by atoms with Crippen LogP contribution in [0.1, 0.15) is 13.3 Å². The van der Waals surface area contributed by atoms with Gasteiger partial charge in [-0.2, -0.15) is 0 Å². The molecule has 1 aromatic rings. The Morgan fingerprint density at radius 1 is 1.48 bits per heavy atom. The van der Waals surface area contributed by atoms with Crippen LogP contribution >= 0.6 is 12.2 Å². The molecule has 21 heavy (non-hydrogen) atoms. The molecule has 2 rings (SSSR count). The summed E-state index contributed by atoms with van der Waals surface area (Å²) in [5, 5.41) is 3.87. The van der Waals surface area contributed by atoms with Gasteiger partial charge in [0.2, 0.25) is 0 Å². The number of likely N-dealkylation sites (N-methyl/N-ethyl adjacent to an activating group) is 1. The number of anilines is 1. The van der Waals surface area contributed by atoms with Crippen LogP contribution in [0, 0.1) is 0 Å². The number of hydrogen-bond acceptors (Lipinski definition) is 3. The van der Waals surface area contributed by atoms with Gasteiger partial charge in [0.25, 0.3) is 0 Å². The van der Waals surface area contributed by atoms with E-state index in [9.17, 15) is 4.79 Å². The van der Waals surface area contributed by atoms with Crippen molar-refractivity contribution in [3.8, 4) is 0 Å². The van der Waals surface area contributed by atoms with Gasteiger partial charge >= 0.3 is 6.09 Å². The molecule has 0 aliphatic carbocycles. The molecule has 0 aromatic heterocycles. The minimum Gasteiger partial charge on any atom is -0.450 e. The first kappa shape index (κ1) is 15.6. The first-order valence-electron chi connectivity index (χ1n) is 7.12. The van der Waals surface area contributed by atoms with Crippen molar-refractivity contribution in [2.75, 3.05) is 32.1 Å². The van der Waals surface area contributed by atoms with Crippen LogP contribution in [0.25, 0.3) is 0 Å². The zero-order chi connectivity index (χ0) is 15.2. The van der Waals surface area contributed by atoms with E-state index in [2.05, 4.69) is 5.32 Å². The van der Waals surface area contributed by atoms with Crippen molar-refractivity contribution in [2.45, 2.75) is 19.4 Å². The Morgan fingerprint density at radius 2 is 2.19 bits per heavy atom. The molecular weight excluding hydrogens is 286 g/mol. The maximum absolute atomic E-state index is 11.7. The summed E-state index contributed by atoms with van der Waals surface area (Å²) < 4.78 is 5.03. The summed E-state index contributed by atoms with van der Waals surface area (Å²) in [4.78, 5) is 15.5. The molecule has 5 nitrogen and oxygen atoms in total. The zero-order valence-electron chi connectivity index (χ0n) is 12.4. The van der Waals surface area contributed by atoms with Gasteiger partial charge in [0, 0.05) is 25.8 Å². The van der Waals surface area contributed by atoms with E-state index in [4.69, 9.17) is 17.0 Å².